The first-order valence-corrected chi connectivity index (χ1v) is 5.97. The van der Waals surface area contributed by atoms with Crippen molar-refractivity contribution in [3.8, 4) is 0 Å². The van der Waals surface area contributed by atoms with Gasteiger partial charge in [-0.25, -0.2) is 0 Å². The molecule has 1 aliphatic carbocycles. The van der Waals surface area contributed by atoms with Gasteiger partial charge in [-0.05, 0) is 19.3 Å². The molecule has 1 saturated heterocycles. The summed E-state index contributed by atoms with van der Waals surface area (Å²) in [6.07, 6.45) is 3.72. The van der Waals surface area contributed by atoms with Crippen LogP contribution in [0.3, 0.4) is 0 Å². The van der Waals surface area contributed by atoms with Crippen molar-refractivity contribution in [2.24, 2.45) is 11.7 Å². The lowest BCUT2D eigenvalue weighted by atomic mass is 10.1. The summed E-state index contributed by atoms with van der Waals surface area (Å²) in [6, 6.07) is 0.643. The van der Waals surface area contributed by atoms with Crippen LogP contribution in [0.5, 0.6) is 0 Å². The predicted molar refractivity (Wildman–Crippen MR) is 59.5 cm³/mol. The lowest BCUT2D eigenvalue weighted by molar-refractivity contribution is -0.130. The van der Waals surface area contributed by atoms with Crippen molar-refractivity contribution in [3.05, 3.63) is 0 Å². The number of carbonyl (C=O) groups is 2. The fourth-order valence-corrected chi connectivity index (χ4v) is 2.05. The topological polar surface area (TPSA) is 75.4 Å². The number of carbonyl (C=O) groups excluding carboxylic acids is 2. The van der Waals surface area contributed by atoms with E-state index in [1.54, 1.807) is 4.90 Å². The van der Waals surface area contributed by atoms with E-state index in [0.29, 0.717) is 25.6 Å². The molecular formula is C11H19N3O2. The zero-order valence-corrected chi connectivity index (χ0v) is 9.45. The number of primary amides is 1. The van der Waals surface area contributed by atoms with Gasteiger partial charge in [0.2, 0.25) is 11.8 Å². The van der Waals surface area contributed by atoms with Gasteiger partial charge in [0.1, 0.15) is 0 Å². The molecule has 0 aromatic carbocycles. The SMILES string of the molecule is NC(=O)C1CCN(C(=O)CCNC2CC2)C1. The Morgan fingerprint density at radius 3 is 2.62 bits per heavy atom. The Morgan fingerprint density at radius 1 is 1.31 bits per heavy atom. The smallest absolute Gasteiger partial charge is 0.223 e. The minimum absolute atomic E-state index is 0.136. The van der Waals surface area contributed by atoms with E-state index in [2.05, 4.69) is 5.32 Å². The average molecular weight is 225 g/mol. The molecule has 0 aromatic heterocycles. The van der Waals surface area contributed by atoms with Gasteiger partial charge >= 0.3 is 0 Å². The lowest BCUT2D eigenvalue weighted by Crippen LogP contribution is -2.33. The molecule has 2 fully saturated rings. The van der Waals surface area contributed by atoms with Crippen LogP contribution in [-0.2, 0) is 9.59 Å². The molecule has 0 spiro atoms. The number of nitrogens with one attached hydrogen (secondary N) is 1. The van der Waals surface area contributed by atoms with Crippen LogP contribution in [0, 0.1) is 5.92 Å². The summed E-state index contributed by atoms with van der Waals surface area (Å²) in [5.41, 5.74) is 5.22. The fourth-order valence-electron chi connectivity index (χ4n) is 2.05. The maximum atomic E-state index is 11.7. The summed E-state index contributed by atoms with van der Waals surface area (Å²) in [5, 5.41) is 3.31. The zero-order valence-electron chi connectivity index (χ0n) is 9.45. The summed E-state index contributed by atoms with van der Waals surface area (Å²) in [6.45, 7) is 1.94. The second kappa shape index (κ2) is 4.82. The van der Waals surface area contributed by atoms with E-state index in [-0.39, 0.29) is 17.7 Å². The van der Waals surface area contributed by atoms with Crippen LogP contribution in [0.25, 0.3) is 0 Å². The minimum Gasteiger partial charge on any atom is -0.369 e. The molecule has 2 rings (SSSR count). The Morgan fingerprint density at radius 2 is 2.06 bits per heavy atom. The molecule has 1 saturated carbocycles. The number of hydrogen-bond acceptors (Lipinski definition) is 3. The number of hydrogen-bond donors (Lipinski definition) is 2. The van der Waals surface area contributed by atoms with Crippen LogP contribution in [0.15, 0.2) is 0 Å². The molecule has 90 valence electrons. The first-order chi connectivity index (χ1) is 7.66. The van der Waals surface area contributed by atoms with E-state index in [4.69, 9.17) is 5.73 Å². The summed E-state index contributed by atoms with van der Waals surface area (Å²) < 4.78 is 0. The number of nitrogens with zero attached hydrogens (tertiary/aromatic N) is 1. The number of amides is 2. The van der Waals surface area contributed by atoms with Crippen molar-refractivity contribution in [2.45, 2.75) is 31.7 Å². The van der Waals surface area contributed by atoms with Crippen molar-refractivity contribution in [2.75, 3.05) is 19.6 Å². The van der Waals surface area contributed by atoms with E-state index >= 15 is 0 Å². The first-order valence-electron chi connectivity index (χ1n) is 5.97. The highest BCUT2D eigenvalue weighted by Crippen LogP contribution is 2.19. The maximum absolute atomic E-state index is 11.7. The van der Waals surface area contributed by atoms with Crippen molar-refractivity contribution in [1.82, 2.24) is 10.2 Å². The molecule has 16 heavy (non-hydrogen) atoms. The van der Waals surface area contributed by atoms with Gasteiger partial charge < -0.3 is 16.0 Å². The van der Waals surface area contributed by atoms with Gasteiger partial charge in [-0.3, -0.25) is 9.59 Å². The maximum Gasteiger partial charge on any atom is 0.223 e. The van der Waals surface area contributed by atoms with Crippen molar-refractivity contribution >= 4 is 11.8 Å². The van der Waals surface area contributed by atoms with Crippen LogP contribution in [-0.4, -0.2) is 42.4 Å². The quantitative estimate of drug-likeness (QED) is 0.660. The molecule has 3 N–H and O–H groups in total. The molecular weight excluding hydrogens is 206 g/mol. The Kier molecular flexibility index (Phi) is 3.43. The summed E-state index contributed by atoms with van der Waals surface area (Å²) in [4.78, 5) is 24.5. The van der Waals surface area contributed by atoms with E-state index in [1.165, 1.54) is 12.8 Å². The summed E-state index contributed by atoms with van der Waals surface area (Å²) in [5.74, 6) is -0.288. The Bertz CT molecular complexity index is 289. The fraction of sp³-hybridized carbons (Fsp3) is 0.818. The third-order valence-corrected chi connectivity index (χ3v) is 3.29. The molecule has 5 heteroatoms. The zero-order chi connectivity index (χ0) is 11.5. The lowest BCUT2D eigenvalue weighted by Gasteiger charge is -2.15. The van der Waals surface area contributed by atoms with Crippen molar-refractivity contribution in [3.63, 3.8) is 0 Å². The highest BCUT2D eigenvalue weighted by molar-refractivity contribution is 5.81. The molecule has 1 heterocycles. The summed E-state index contributed by atoms with van der Waals surface area (Å²) >= 11 is 0. The van der Waals surface area contributed by atoms with Gasteiger partial charge in [-0.1, -0.05) is 0 Å². The second-order valence-corrected chi connectivity index (χ2v) is 4.71. The Labute approximate surface area is 95.3 Å². The third kappa shape index (κ3) is 2.95. The number of rotatable bonds is 5. The standard InChI is InChI=1S/C11H19N3O2/c12-11(16)8-4-6-14(7-8)10(15)3-5-13-9-1-2-9/h8-9,13H,1-7H2,(H2,12,16). The average Bonchev–Trinajstić information content (AvgIpc) is 2.93. The Balaban J connectivity index is 1.66. The number of nitrogens with two attached hydrogens (primary N) is 1. The van der Waals surface area contributed by atoms with Gasteiger partial charge in [0.05, 0.1) is 5.92 Å². The van der Waals surface area contributed by atoms with E-state index in [0.717, 1.165) is 13.0 Å². The van der Waals surface area contributed by atoms with Crippen molar-refractivity contribution in [1.29, 1.82) is 0 Å². The molecule has 1 aliphatic heterocycles. The van der Waals surface area contributed by atoms with Crippen LogP contribution in [0.1, 0.15) is 25.7 Å². The van der Waals surface area contributed by atoms with Crippen LogP contribution >= 0.6 is 0 Å². The highest BCUT2D eigenvalue weighted by atomic mass is 16.2. The minimum atomic E-state index is -0.286. The van der Waals surface area contributed by atoms with Crippen LogP contribution < -0.4 is 11.1 Å². The van der Waals surface area contributed by atoms with E-state index < -0.39 is 0 Å². The highest BCUT2D eigenvalue weighted by Gasteiger charge is 2.29. The molecule has 0 radical (unpaired) electrons. The molecule has 0 bridgehead atoms. The number of likely N-dealkylation sites (tertiary alicyclic amines) is 1. The molecule has 5 nitrogen and oxygen atoms in total. The van der Waals surface area contributed by atoms with Gasteiger partial charge in [0, 0.05) is 32.1 Å². The largest absolute Gasteiger partial charge is 0.369 e. The van der Waals surface area contributed by atoms with Gasteiger partial charge in [-0.2, -0.15) is 0 Å². The summed E-state index contributed by atoms with van der Waals surface area (Å²) in [7, 11) is 0. The van der Waals surface area contributed by atoms with Crippen LogP contribution in [0.2, 0.25) is 0 Å². The normalized spacial score (nSPS) is 24.8. The molecule has 1 atom stereocenters. The predicted octanol–water partition coefficient (Wildman–Crippen LogP) is -0.538. The Hall–Kier alpha value is -1.10. The molecule has 2 aliphatic rings. The first kappa shape index (κ1) is 11.4. The molecule has 2 amide bonds. The van der Waals surface area contributed by atoms with Gasteiger partial charge in [-0.15, -0.1) is 0 Å². The monoisotopic (exact) mass is 225 g/mol. The van der Waals surface area contributed by atoms with E-state index in [1.807, 2.05) is 0 Å². The van der Waals surface area contributed by atoms with E-state index in [9.17, 15) is 9.59 Å². The molecule has 1 unspecified atom stereocenters. The van der Waals surface area contributed by atoms with Crippen molar-refractivity contribution < 1.29 is 9.59 Å². The van der Waals surface area contributed by atoms with Crippen LogP contribution in [0.4, 0.5) is 0 Å². The van der Waals surface area contributed by atoms with Gasteiger partial charge in [0.25, 0.3) is 0 Å². The second-order valence-electron chi connectivity index (χ2n) is 4.71. The third-order valence-electron chi connectivity index (χ3n) is 3.29. The molecule has 0 aromatic rings. The van der Waals surface area contributed by atoms with Gasteiger partial charge in [0.15, 0.2) is 0 Å².